The summed E-state index contributed by atoms with van der Waals surface area (Å²) < 4.78 is 0. The number of nitrogens with zero attached hydrogens (tertiary/aromatic N) is 1. The molecule has 0 aliphatic heterocycles. The molecule has 0 bridgehead atoms. The van der Waals surface area contributed by atoms with Crippen molar-refractivity contribution in [3.63, 3.8) is 0 Å². The van der Waals surface area contributed by atoms with Gasteiger partial charge in [-0.3, -0.25) is 10.1 Å². The topological polar surface area (TPSA) is 55.2 Å². The van der Waals surface area contributed by atoms with E-state index in [1.165, 1.54) is 43.4 Å². The highest BCUT2D eigenvalue weighted by molar-refractivity contribution is 7.13. The normalized spacial score (nSPS) is 12.6. The lowest BCUT2D eigenvalue weighted by Gasteiger charge is -2.12. The average molecular weight is 270 g/mol. The molecular weight excluding hydrogens is 248 g/mol. The van der Waals surface area contributed by atoms with Gasteiger partial charge in [-0.1, -0.05) is 43.9 Å². The fraction of sp³-hybridized carbons (Fsp3) is 0.692. The van der Waals surface area contributed by atoms with Gasteiger partial charge < -0.3 is 5.32 Å². The molecule has 0 saturated carbocycles. The Morgan fingerprint density at radius 1 is 1.44 bits per heavy atom. The van der Waals surface area contributed by atoms with E-state index >= 15 is 0 Å². The summed E-state index contributed by atoms with van der Waals surface area (Å²) >= 11 is 1.19. The minimum absolute atomic E-state index is 0.224. The molecule has 0 aliphatic carbocycles. The Hall–Kier alpha value is -0.940. The van der Waals surface area contributed by atoms with Crippen LogP contribution < -0.4 is 5.32 Å². The fourth-order valence-corrected chi connectivity index (χ4v) is 2.55. The van der Waals surface area contributed by atoms with E-state index in [-0.39, 0.29) is 9.92 Å². The van der Waals surface area contributed by atoms with E-state index in [4.69, 9.17) is 0 Å². The van der Waals surface area contributed by atoms with Crippen LogP contribution in [0.5, 0.6) is 0 Å². The first-order valence-electron chi connectivity index (χ1n) is 6.58. The monoisotopic (exact) mass is 270 g/mol. The Morgan fingerprint density at radius 3 is 2.83 bits per heavy atom. The number of rotatable bonds is 9. The Morgan fingerprint density at radius 2 is 2.22 bits per heavy atom. The first kappa shape index (κ1) is 15.1. The molecular formula is C13H22N2O2S. The lowest BCUT2D eigenvalue weighted by molar-refractivity contribution is -0.380. The van der Waals surface area contributed by atoms with Gasteiger partial charge in [0.05, 0.1) is 4.92 Å². The lowest BCUT2D eigenvalue weighted by atomic mass is 10.1. The Bertz CT molecular complexity index is 366. The van der Waals surface area contributed by atoms with Gasteiger partial charge in [0.2, 0.25) is 0 Å². The first-order valence-corrected chi connectivity index (χ1v) is 7.46. The van der Waals surface area contributed by atoms with Crippen LogP contribution in [-0.2, 0) is 6.54 Å². The van der Waals surface area contributed by atoms with Gasteiger partial charge in [-0.15, -0.1) is 0 Å². The Labute approximate surface area is 113 Å². The van der Waals surface area contributed by atoms with Crippen LogP contribution in [0.15, 0.2) is 11.4 Å². The van der Waals surface area contributed by atoms with E-state index < -0.39 is 0 Å². The second kappa shape index (κ2) is 8.21. The van der Waals surface area contributed by atoms with E-state index in [1.807, 2.05) is 5.38 Å². The van der Waals surface area contributed by atoms with Crippen molar-refractivity contribution in [2.75, 3.05) is 0 Å². The third-order valence-electron chi connectivity index (χ3n) is 2.97. The maximum absolute atomic E-state index is 10.6. The number of nitrogens with one attached hydrogen (secondary N) is 1. The first-order chi connectivity index (χ1) is 8.63. The molecule has 0 radical (unpaired) electrons. The van der Waals surface area contributed by atoms with Gasteiger partial charge in [-0.2, -0.15) is 0 Å². The number of thiophene rings is 1. The van der Waals surface area contributed by atoms with Crippen LogP contribution in [0.25, 0.3) is 0 Å². The quantitative estimate of drug-likeness (QED) is 0.417. The van der Waals surface area contributed by atoms with Crippen molar-refractivity contribution in [2.24, 2.45) is 0 Å². The van der Waals surface area contributed by atoms with E-state index in [0.29, 0.717) is 6.04 Å². The maximum atomic E-state index is 10.6. The molecule has 0 amide bonds. The minimum atomic E-state index is -0.331. The summed E-state index contributed by atoms with van der Waals surface area (Å²) in [6, 6.07) is 2.13. The molecule has 1 heterocycles. The van der Waals surface area contributed by atoms with Crippen LogP contribution in [0.2, 0.25) is 0 Å². The van der Waals surface area contributed by atoms with Gasteiger partial charge in [0.25, 0.3) is 0 Å². The largest absolute Gasteiger partial charge is 0.324 e. The summed E-state index contributed by atoms with van der Waals surface area (Å²) in [6.45, 7) is 5.11. The number of hydrogen-bond donors (Lipinski definition) is 1. The highest BCUT2D eigenvalue weighted by Crippen LogP contribution is 2.22. The van der Waals surface area contributed by atoms with Crippen LogP contribution in [0.4, 0.5) is 5.00 Å². The van der Waals surface area contributed by atoms with E-state index in [0.717, 1.165) is 12.1 Å². The molecule has 1 N–H and O–H groups in total. The zero-order valence-electron chi connectivity index (χ0n) is 11.1. The van der Waals surface area contributed by atoms with Crippen LogP contribution in [0, 0.1) is 10.1 Å². The van der Waals surface area contributed by atoms with Crippen molar-refractivity contribution in [1.82, 2.24) is 5.32 Å². The van der Waals surface area contributed by atoms with Crippen molar-refractivity contribution in [1.29, 1.82) is 0 Å². The maximum Gasteiger partial charge on any atom is 0.324 e. The summed E-state index contributed by atoms with van der Waals surface area (Å²) in [7, 11) is 0. The van der Waals surface area contributed by atoms with Gasteiger partial charge in [0.15, 0.2) is 0 Å². The lowest BCUT2D eigenvalue weighted by Crippen LogP contribution is -2.25. The smallest absolute Gasteiger partial charge is 0.310 e. The molecule has 18 heavy (non-hydrogen) atoms. The van der Waals surface area contributed by atoms with Crippen LogP contribution >= 0.6 is 11.3 Å². The summed E-state index contributed by atoms with van der Waals surface area (Å²) in [5.41, 5.74) is 1.01. The molecule has 1 aromatic rings. The molecule has 1 unspecified atom stereocenters. The van der Waals surface area contributed by atoms with Crippen molar-refractivity contribution in [2.45, 2.75) is 58.5 Å². The van der Waals surface area contributed by atoms with Crippen molar-refractivity contribution in [3.05, 3.63) is 27.1 Å². The summed E-state index contributed by atoms with van der Waals surface area (Å²) in [5.74, 6) is 0. The molecule has 0 fully saturated rings. The molecule has 1 rings (SSSR count). The molecule has 4 nitrogen and oxygen atoms in total. The van der Waals surface area contributed by atoms with Gasteiger partial charge in [0.1, 0.15) is 0 Å². The van der Waals surface area contributed by atoms with E-state index in [9.17, 15) is 10.1 Å². The van der Waals surface area contributed by atoms with Crippen molar-refractivity contribution in [3.8, 4) is 0 Å². The second-order valence-corrected chi connectivity index (χ2v) is 5.57. The summed E-state index contributed by atoms with van der Waals surface area (Å²) in [6.07, 6.45) is 6.30. The Balaban J connectivity index is 2.20. The summed E-state index contributed by atoms with van der Waals surface area (Å²) in [4.78, 5) is 10.2. The number of hydrogen-bond acceptors (Lipinski definition) is 4. The molecule has 1 atom stereocenters. The van der Waals surface area contributed by atoms with E-state index in [1.54, 1.807) is 6.07 Å². The predicted molar refractivity (Wildman–Crippen MR) is 76.0 cm³/mol. The van der Waals surface area contributed by atoms with Gasteiger partial charge in [-0.25, -0.2) is 0 Å². The molecule has 0 saturated heterocycles. The van der Waals surface area contributed by atoms with Crippen LogP contribution in [0.1, 0.15) is 51.5 Å². The van der Waals surface area contributed by atoms with Crippen molar-refractivity contribution >= 4 is 16.3 Å². The summed E-state index contributed by atoms with van der Waals surface area (Å²) in [5, 5.41) is 16.0. The minimum Gasteiger partial charge on any atom is -0.310 e. The molecule has 1 aromatic heterocycles. The highest BCUT2D eigenvalue weighted by Gasteiger charge is 2.10. The SMILES string of the molecule is CCCCCCC(C)NCc1csc([N+](=O)[O-])c1. The highest BCUT2D eigenvalue weighted by atomic mass is 32.1. The van der Waals surface area contributed by atoms with Gasteiger partial charge in [0, 0.05) is 24.0 Å². The average Bonchev–Trinajstić information content (AvgIpc) is 2.81. The standard InChI is InChI=1S/C13H22N2O2S/c1-3-4-5-6-7-11(2)14-9-12-8-13(15(16)17)18-10-12/h8,10-11,14H,3-7,9H2,1-2H3. The fourth-order valence-electron chi connectivity index (χ4n) is 1.82. The molecule has 102 valence electrons. The third kappa shape index (κ3) is 5.60. The molecule has 0 aliphatic rings. The second-order valence-electron chi connectivity index (χ2n) is 4.68. The number of unbranched alkanes of at least 4 members (excludes halogenated alkanes) is 3. The van der Waals surface area contributed by atoms with Gasteiger partial charge >= 0.3 is 5.00 Å². The predicted octanol–water partition coefficient (Wildman–Crippen LogP) is 4.10. The van der Waals surface area contributed by atoms with E-state index in [2.05, 4.69) is 19.2 Å². The van der Waals surface area contributed by atoms with Crippen LogP contribution in [-0.4, -0.2) is 11.0 Å². The zero-order chi connectivity index (χ0) is 13.4. The number of nitro groups is 1. The van der Waals surface area contributed by atoms with Crippen molar-refractivity contribution < 1.29 is 4.92 Å². The third-order valence-corrected chi connectivity index (χ3v) is 3.89. The molecule has 5 heteroatoms. The van der Waals surface area contributed by atoms with Gasteiger partial charge in [-0.05, 0) is 18.9 Å². The molecule has 0 spiro atoms. The zero-order valence-corrected chi connectivity index (χ0v) is 12.0. The van der Waals surface area contributed by atoms with Crippen LogP contribution in [0.3, 0.4) is 0 Å². The molecule has 0 aromatic carbocycles. The Kier molecular flexibility index (Phi) is 6.90.